The molecule has 3 aromatic rings. The third kappa shape index (κ3) is 3.58. The first-order valence-electron chi connectivity index (χ1n) is 9.07. The van der Waals surface area contributed by atoms with Crippen LogP contribution in [0.1, 0.15) is 36.3 Å². The number of thiophene rings is 1. The molecule has 26 heavy (non-hydrogen) atoms. The Morgan fingerprint density at radius 1 is 1.27 bits per heavy atom. The van der Waals surface area contributed by atoms with Crippen LogP contribution in [0.4, 0.5) is 10.2 Å². The minimum Gasteiger partial charge on any atom is -0.370 e. The minimum atomic E-state index is -0.204. The fourth-order valence-electron chi connectivity index (χ4n) is 3.41. The van der Waals surface area contributed by atoms with Gasteiger partial charge in [0.2, 0.25) is 0 Å². The highest BCUT2D eigenvalue weighted by molar-refractivity contribution is 7.98. The van der Waals surface area contributed by atoms with Gasteiger partial charge in [-0.1, -0.05) is 30.8 Å². The second-order valence-corrected chi connectivity index (χ2v) is 8.86. The standard InChI is InChI=1S/C20H22FN3S2/c1-3-22-18-17-15-9-4-12(2)10-16(15)26-19(17)24-20(23-18)25-11-13-5-7-14(21)8-6-13/h5-8,12H,3-4,9-11H2,1-2H3,(H,22,23,24). The summed E-state index contributed by atoms with van der Waals surface area (Å²) in [6.45, 7) is 5.27. The fourth-order valence-corrected chi connectivity index (χ4v) is 5.65. The average molecular weight is 388 g/mol. The molecule has 6 heteroatoms. The van der Waals surface area contributed by atoms with Crippen LogP contribution in [0.3, 0.4) is 0 Å². The average Bonchev–Trinajstić information content (AvgIpc) is 2.99. The topological polar surface area (TPSA) is 37.8 Å². The maximum absolute atomic E-state index is 13.1. The number of hydrogen-bond acceptors (Lipinski definition) is 5. The van der Waals surface area contributed by atoms with Gasteiger partial charge < -0.3 is 5.32 Å². The molecule has 136 valence electrons. The Morgan fingerprint density at radius 2 is 2.08 bits per heavy atom. The number of aromatic nitrogens is 2. The van der Waals surface area contributed by atoms with Gasteiger partial charge in [0.25, 0.3) is 0 Å². The van der Waals surface area contributed by atoms with Crippen molar-refractivity contribution in [2.75, 3.05) is 11.9 Å². The zero-order valence-electron chi connectivity index (χ0n) is 15.0. The molecule has 1 aliphatic carbocycles. The summed E-state index contributed by atoms with van der Waals surface area (Å²) in [6.07, 6.45) is 3.52. The van der Waals surface area contributed by atoms with E-state index in [0.29, 0.717) is 0 Å². The molecule has 1 N–H and O–H groups in total. The van der Waals surface area contributed by atoms with E-state index in [4.69, 9.17) is 9.97 Å². The van der Waals surface area contributed by atoms with E-state index in [0.717, 1.165) is 52.4 Å². The van der Waals surface area contributed by atoms with E-state index in [9.17, 15) is 4.39 Å². The van der Waals surface area contributed by atoms with Crippen LogP contribution < -0.4 is 5.32 Å². The van der Waals surface area contributed by atoms with E-state index in [-0.39, 0.29) is 5.82 Å². The first kappa shape index (κ1) is 17.7. The Bertz CT molecular complexity index is 921. The highest BCUT2D eigenvalue weighted by Gasteiger charge is 2.23. The molecule has 4 rings (SSSR count). The summed E-state index contributed by atoms with van der Waals surface area (Å²) >= 11 is 3.43. The molecular formula is C20H22FN3S2. The Hall–Kier alpha value is -1.66. The molecule has 1 aliphatic rings. The number of fused-ring (bicyclic) bond motifs is 3. The molecule has 1 atom stereocenters. The number of halogens is 1. The molecule has 0 saturated heterocycles. The lowest BCUT2D eigenvalue weighted by Crippen LogP contribution is -2.09. The predicted octanol–water partition coefficient (Wildman–Crippen LogP) is 5.68. The highest BCUT2D eigenvalue weighted by Crippen LogP contribution is 2.41. The summed E-state index contributed by atoms with van der Waals surface area (Å²) in [6, 6.07) is 6.63. The molecule has 0 amide bonds. The minimum absolute atomic E-state index is 0.204. The second-order valence-electron chi connectivity index (χ2n) is 6.83. The Kier molecular flexibility index (Phi) is 5.14. The smallest absolute Gasteiger partial charge is 0.191 e. The Balaban J connectivity index is 1.66. The van der Waals surface area contributed by atoms with Crippen molar-refractivity contribution < 1.29 is 4.39 Å². The zero-order valence-corrected chi connectivity index (χ0v) is 16.6. The lowest BCUT2D eigenvalue weighted by molar-refractivity contribution is 0.509. The van der Waals surface area contributed by atoms with Crippen LogP contribution in [0.25, 0.3) is 10.2 Å². The number of nitrogens with one attached hydrogen (secondary N) is 1. The maximum Gasteiger partial charge on any atom is 0.191 e. The summed E-state index contributed by atoms with van der Waals surface area (Å²) in [5.74, 6) is 2.24. The zero-order chi connectivity index (χ0) is 18.1. The van der Waals surface area contributed by atoms with Crippen LogP contribution in [0, 0.1) is 11.7 Å². The predicted molar refractivity (Wildman–Crippen MR) is 109 cm³/mol. The monoisotopic (exact) mass is 387 g/mol. The summed E-state index contributed by atoms with van der Waals surface area (Å²) in [7, 11) is 0. The number of anilines is 1. The van der Waals surface area contributed by atoms with E-state index in [1.807, 2.05) is 23.5 Å². The van der Waals surface area contributed by atoms with E-state index < -0.39 is 0 Å². The van der Waals surface area contributed by atoms with E-state index in [2.05, 4.69) is 19.2 Å². The van der Waals surface area contributed by atoms with Crippen LogP contribution in [0.5, 0.6) is 0 Å². The summed E-state index contributed by atoms with van der Waals surface area (Å²) < 4.78 is 13.1. The molecule has 2 aromatic heterocycles. The largest absolute Gasteiger partial charge is 0.370 e. The fraction of sp³-hybridized carbons (Fsp3) is 0.400. The molecule has 0 spiro atoms. The van der Waals surface area contributed by atoms with Crippen molar-refractivity contribution >= 4 is 39.1 Å². The molecule has 0 radical (unpaired) electrons. The molecule has 3 nitrogen and oxygen atoms in total. The molecule has 0 bridgehead atoms. The van der Waals surface area contributed by atoms with Crippen molar-refractivity contribution in [3.8, 4) is 0 Å². The Labute approximate surface area is 161 Å². The lowest BCUT2D eigenvalue weighted by Gasteiger charge is -2.18. The van der Waals surface area contributed by atoms with Crippen LogP contribution in [-0.2, 0) is 18.6 Å². The van der Waals surface area contributed by atoms with Crippen molar-refractivity contribution in [2.45, 2.75) is 44.0 Å². The number of rotatable bonds is 5. The highest BCUT2D eigenvalue weighted by atomic mass is 32.2. The van der Waals surface area contributed by atoms with Gasteiger partial charge in [-0.15, -0.1) is 11.3 Å². The molecular weight excluding hydrogens is 365 g/mol. The molecule has 0 saturated carbocycles. The quantitative estimate of drug-likeness (QED) is 0.451. The number of benzene rings is 1. The summed E-state index contributed by atoms with van der Waals surface area (Å²) in [5.41, 5.74) is 2.53. The van der Waals surface area contributed by atoms with Gasteiger partial charge in [-0.05, 0) is 55.4 Å². The number of hydrogen-bond donors (Lipinski definition) is 1. The van der Waals surface area contributed by atoms with Crippen LogP contribution in [0.2, 0.25) is 0 Å². The first-order chi connectivity index (χ1) is 12.6. The molecule has 0 aliphatic heterocycles. The van der Waals surface area contributed by atoms with E-state index in [1.54, 1.807) is 11.8 Å². The van der Waals surface area contributed by atoms with Crippen LogP contribution in [0.15, 0.2) is 29.4 Å². The second kappa shape index (κ2) is 7.53. The van der Waals surface area contributed by atoms with Gasteiger partial charge in [0.1, 0.15) is 16.5 Å². The van der Waals surface area contributed by atoms with Gasteiger partial charge in [-0.2, -0.15) is 0 Å². The molecule has 1 unspecified atom stereocenters. The van der Waals surface area contributed by atoms with Gasteiger partial charge in [0.15, 0.2) is 5.16 Å². The van der Waals surface area contributed by atoms with Gasteiger partial charge in [0.05, 0.1) is 5.39 Å². The molecule has 0 fully saturated rings. The van der Waals surface area contributed by atoms with Crippen molar-refractivity contribution in [1.29, 1.82) is 0 Å². The van der Waals surface area contributed by atoms with Crippen LogP contribution >= 0.6 is 23.1 Å². The number of aryl methyl sites for hydroxylation is 1. The molecule has 1 aromatic carbocycles. The SMILES string of the molecule is CCNc1nc(SCc2ccc(F)cc2)nc2sc3c(c12)CCC(C)C3. The van der Waals surface area contributed by atoms with E-state index in [1.165, 1.54) is 34.4 Å². The number of thioether (sulfide) groups is 1. The Morgan fingerprint density at radius 3 is 2.85 bits per heavy atom. The van der Waals surface area contributed by atoms with Gasteiger partial charge in [0, 0.05) is 17.2 Å². The third-order valence-corrected chi connectivity index (χ3v) is 6.83. The van der Waals surface area contributed by atoms with Crippen molar-refractivity contribution in [2.24, 2.45) is 5.92 Å². The third-order valence-electron chi connectivity index (χ3n) is 4.76. The first-order valence-corrected chi connectivity index (χ1v) is 10.9. The van der Waals surface area contributed by atoms with E-state index >= 15 is 0 Å². The van der Waals surface area contributed by atoms with Crippen molar-refractivity contribution in [1.82, 2.24) is 9.97 Å². The summed E-state index contributed by atoms with van der Waals surface area (Å²) in [4.78, 5) is 12.2. The lowest BCUT2D eigenvalue weighted by atomic mass is 9.89. The van der Waals surface area contributed by atoms with Gasteiger partial charge in [-0.3, -0.25) is 0 Å². The van der Waals surface area contributed by atoms with Crippen LogP contribution in [-0.4, -0.2) is 16.5 Å². The normalized spacial score (nSPS) is 16.7. The van der Waals surface area contributed by atoms with Crippen molar-refractivity contribution in [3.05, 3.63) is 46.1 Å². The van der Waals surface area contributed by atoms with Gasteiger partial charge in [-0.25, -0.2) is 14.4 Å². The van der Waals surface area contributed by atoms with Gasteiger partial charge >= 0.3 is 0 Å². The van der Waals surface area contributed by atoms with Crippen molar-refractivity contribution in [3.63, 3.8) is 0 Å². The maximum atomic E-state index is 13.1. The summed E-state index contributed by atoms with van der Waals surface area (Å²) in [5, 5.41) is 5.45. The number of nitrogens with zero attached hydrogens (tertiary/aromatic N) is 2. The molecule has 2 heterocycles.